The second kappa shape index (κ2) is 2.71. The van der Waals surface area contributed by atoms with Crippen molar-refractivity contribution in [3.63, 3.8) is 0 Å². The molecule has 1 fully saturated rings. The second-order valence-electron chi connectivity index (χ2n) is 3.31. The standard InChI is InChI=1S/C9H10ClNO/c10-8-2-1-7(5-11-8)9(6-12)3-4-9/h1-2,5,12H,3-4,6H2. The lowest BCUT2D eigenvalue weighted by molar-refractivity contribution is 0.255. The molecule has 0 saturated heterocycles. The molecule has 0 spiro atoms. The van der Waals surface area contributed by atoms with Crippen LogP contribution >= 0.6 is 11.6 Å². The van der Waals surface area contributed by atoms with Gasteiger partial charge in [0.05, 0.1) is 6.61 Å². The number of hydrogen-bond donors (Lipinski definition) is 1. The molecule has 1 saturated carbocycles. The van der Waals surface area contributed by atoms with Gasteiger partial charge < -0.3 is 5.11 Å². The van der Waals surface area contributed by atoms with Crippen molar-refractivity contribution in [1.29, 1.82) is 0 Å². The van der Waals surface area contributed by atoms with E-state index in [1.54, 1.807) is 12.3 Å². The normalized spacial score (nSPS) is 19.2. The van der Waals surface area contributed by atoms with Gasteiger partial charge in [-0.15, -0.1) is 0 Å². The highest BCUT2D eigenvalue weighted by Gasteiger charge is 2.43. The highest BCUT2D eigenvalue weighted by molar-refractivity contribution is 6.29. The summed E-state index contributed by atoms with van der Waals surface area (Å²) in [4.78, 5) is 3.99. The SMILES string of the molecule is OCC1(c2ccc(Cl)nc2)CC1. The van der Waals surface area contributed by atoms with Gasteiger partial charge >= 0.3 is 0 Å². The summed E-state index contributed by atoms with van der Waals surface area (Å²) < 4.78 is 0. The van der Waals surface area contributed by atoms with E-state index in [-0.39, 0.29) is 12.0 Å². The second-order valence-corrected chi connectivity index (χ2v) is 3.70. The Labute approximate surface area is 76.2 Å². The molecule has 1 heterocycles. The Morgan fingerprint density at radius 2 is 2.25 bits per heavy atom. The van der Waals surface area contributed by atoms with Crippen LogP contribution in [0.4, 0.5) is 0 Å². The lowest BCUT2D eigenvalue weighted by atomic mass is 9.99. The number of aliphatic hydroxyl groups excluding tert-OH is 1. The maximum atomic E-state index is 9.12. The number of nitrogens with zero attached hydrogens (tertiary/aromatic N) is 1. The van der Waals surface area contributed by atoms with E-state index in [1.807, 2.05) is 6.07 Å². The van der Waals surface area contributed by atoms with Crippen molar-refractivity contribution in [3.8, 4) is 0 Å². The van der Waals surface area contributed by atoms with Crippen LogP contribution in [0.5, 0.6) is 0 Å². The number of aromatic nitrogens is 1. The van der Waals surface area contributed by atoms with E-state index in [0.717, 1.165) is 18.4 Å². The van der Waals surface area contributed by atoms with E-state index in [4.69, 9.17) is 16.7 Å². The Bertz CT molecular complexity index is 279. The van der Waals surface area contributed by atoms with Gasteiger partial charge in [0.15, 0.2) is 0 Å². The van der Waals surface area contributed by atoms with Crippen LogP contribution in [0.3, 0.4) is 0 Å². The lowest BCUT2D eigenvalue weighted by Gasteiger charge is -2.10. The third kappa shape index (κ3) is 1.21. The first kappa shape index (κ1) is 8.02. The predicted molar refractivity (Wildman–Crippen MR) is 47.2 cm³/mol. The molecule has 0 aromatic carbocycles. The molecule has 2 nitrogen and oxygen atoms in total. The fourth-order valence-electron chi connectivity index (χ4n) is 1.38. The summed E-state index contributed by atoms with van der Waals surface area (Å²) in [6, 6.07) is 3.71. The minimum absolute atomic E-state index is 0.0115. The minimum atomic E-state index is 0.0115. The summed E-state index contributed by atoms with van der Waals surface area (Å²) in [7, 11) is 0. The molecule has 3 heteroatoms. The Kier molecular flexibility index (Phi) is 1.81. The van der Waals surface area contributed by atoms with Gasteiger partial charge in [-0.3, -0.25) is 0 Å². The minimum Gasteiger partial charge on any atom is -0.395 e. The van der Waals surface area contributed by atoms with Gasteiger partial charge in [0.1, 0.15) is 5.15 Å². The summed E-state index contributed by atoms with van der Waals surface area (Å²) in [5.74, 6) is 0. The van der Waals surface area contributed by atoms with Gasteiger partial charge in [-0.1, -0.05) is 17.7 Å². The molecule has 12 heavy (non-hydrogen) atoms. The quantitative estimate of drug-likeness (QED) is 0.709. The van der Waals surface area contributed by atoms with Crippen molar-refractivity contribution in [2.75, 3.05) is 6.61 Å². The molecule has 1 aliphatic carbocycles. The monoisotopic (exact) mass is 183 g/mol. The van der Waals surface area contributed by atoms with E-state index in [1.165, 1.54) is 0 Å². The first-order valence-electron chi connectivity index (χ1n) is 4.00. The smallest absolute Gasteiger partial charge is 0.129 e. The van der Waals surface area contributed by atoms with Gasteiger partial charge in [-0.25, -0.2) is 4.98 Å². The van der Waals surface area contributed by atoms with Crippen molar-refractivity contribution < 1.29 is 5.11 Å². The highest BCUT2D eigenvalue weighted by atomic mass is 35.5. The van der Waals surface area contributed by atoms with E-state index < -0.39 is 0 Å². The zero-order valence-electron chi connectivity index (χ0n) is 6.63. The van der Waals surface area contributed by atoms with Crippen LogP contribution in [-0.4, -0.2) is 16.7 Å². The van der Waals surface area contributed by atoms with E-state index in [2.05, 4.69) is 4.98 Å². The summed E-state index contributed by atoms with van der Waals surface area (Å²) in [6.07, 6.45) is 3.88. The summed E-state index contributed by atoms with van der Waals surface area (Å²) in [5, 5.41) is 9.63. The molecule has 1 N–H and O–H groups in total. The van der Waals surface area contributed by atoms with Crippen molar-refractivity contribution in [2.45, 2.75) is 18.3 Å². The van der Waals surface area contributed by atoms with Crippen LogP contribution in [0.15, 0.2) is 18.3 Å². The van der Waals surface area contributed by atoms with Crippen LogP contribution in [0.25, 0.3) is 0 Å². The molecular weight excluding hydrogens is 174 g/mol. The first-order chi connectivity index (χ1) is 5.77. The number of aliphatic hydroxyl groups is 1. The topological polar surface area (TPSA) is 33.1 Å². The van der Waals surface area contributed by atoms with Gasteiger partial charge in [0.2, 0.25) is 0 Å². The van der Waals surface area contributed by atoms with Crippen molar-refractivity contribution in [3.05, 3.63) is 29.0 Å². The average Bonchev–Trinajstić information content (AvgIpc) is 2.86. The largest absolute Gasteiger partial charge is 0.395 e. The molecule has 0 unspecified atom stereocenters. The van der Waals surface area contributed by atoms with Crippen LogP contribution in [0, 0.1) is 0 Å². The maximum absolute atomic E-state index is 9.12. The van der Waals surface area contributed by atoms with Gasteiger partial charge in [0, 0.05) is 11.6 Å². The molecule has 1 aliphatic rings. The summed E-state index contributed by atoms with van der Waals surface area (Å²) in [5.41, 5.74) is 1.12. The van der Waals surface area contributed by atoms with Crippen molar-refractivity contribution in [1.82, 2.24) is 4.98 Å². The van der Waals surface area contributed by atoms with Gasteiger partial charge in [-0.05, 0) is 24.5 Å². The number of hydrogen-bond acceptors (Lipinski definition) is 2. The number of halogens is 1. The van der Waals surface area contributed by atoms with Crippen LogP contribution < -0.4 is 0 Å². The fraction of sp³-hybridized carbons (Fsp3) is 0.444. The van der Waals surface area contributed by atoms with Crippen molar-refractivity contribution in [2.24, 2.45) is 0 Å². The molecule has 0 aliphatic heterocycles. The number of rotatable bonds is 2. The molecule has 2 rings (SSSR count). The molecular formula is C9H10ClNO. The molecule has 1 aromatic rings. The lowest BCUT2D eigenvalue weighted by Crippen LogP contribution is -2.11. The Hall–Kier alpha value is -0.600. The van der Waals surface area contributed by atoms with Crippen molar-refractivity contribution >= 4 is 11.6 Å². The molecule has 0 atom stereocenters. The van der Waals surface area contributed by atoms with E-state index in [9.17, 15) is 0 Å². The molecule has 64 valence electrons. The molecule has 1 aromatic heterocycles. The van der Waals surface area contributed by atoms with Gasteiger partial charge in [0.25, 0.3) is 0 Å². The van der Waals surface area contributed by atoms with E-state index >= 15 is 0 Å². The molecule has 0 amide bonds. The zero-order valence-corrected chi connectivity index (χ0v) is 7.38. The summed E-state index contributed by atoms with van der Waals surface area (Å²) >= 11 is 5.65. The zero-order chi connectivity index (χ0) is 8.60. The third-order valence-electron chi connectivity index (χ3n) is 2.50. The summed E-state index contributed by atoms with van der Waals surface area (Å²) in [6.45, 7) is 0.219. The Morgan fingerprint density at radius 3 is 2.67 bits per heavy atom. The first-order valence-corrected chi connectivity index (χ1v) is 4.37. The van der Waals surface area contributed by atoms with Crippen LogP contribution in [0.2, 0.25) is 5.15 Å². The average molecular weight is 184 g/mol. The van der Waals surface area contributed by atoms with E-state index in [0.29, 0.717) is 5.15 Å². The number of pyridine rings is 1. The van der Waals surface area contributed by atoms with Gasteiger partial charge in [-0.2, -0.15) is 0 Å². The Balaban J connectivity index is 2.29. The van der Waals surface area contributed by atoms with Crippen LogP contribution in [0.1, 0.15) is 18.4 Å². The highest BCUT2D eigenvalue weighted by Crippen LogP contribution is 2.47. The molecule has 0 radical (unpaired) electrons. The maximum Gasteiger partial charge on any atom is 0.129 e. The predicted octanol–water partition coefficient (Wildman–Crippen LogP) is 1.76. The Morgan fingerprint density at radius 1 is 1.50 bits per heavy atom. The van der Waals surface area contributed by atoms with Crippen LogP contribution in [-0.2, 0) is 5.41 Å². The third-order valence-corrected chi connectivity index (χ3v) is 2.72. The molecule has 0 bridgehead atoms. The fourth-order valence-corrected chi connectivity index (χ4v) is 1.49.